The number of anilines is 1. The lowest BCUT2D eigenvalue weighted by molar-refractivity contribution is -0.140. The summed E-state index contributed by atoms with van der Waals surface area (Å²) in [6, 6.07) is 15.0. The summed E-state index contributed by atoms with van der Waals surface area (Å²) in [4.78, 5) is 12.8. The SMILES string of the molecule is COc1ccc([C@@H](CC(=O)Nc2ccc(F)c(C(F)(F)F)c2)N(C)S(=O)(=O)c2ccccc2)cc1. The van der Waals surface area contributed by atoms with Crippen LogP contribution < -0.4 is 10.1 Å². The van der Waals surface area contributed by atoms with Crippen LogP contribution in [0.2, 0.25) is 0 Å². The van der Waals surface area contributed by atoms with Crippen LogP contribution in [0, 0.1) is 5.82 Å². The van der Waals surface area contributed by atoms with Gasteiger partial charge >= 0.3 is 6.18 Å². The van der Waals surface area contributed by atoms with Gasteiger partial charge in [-0.2, -0.15) is 17.5 Å². The van der Waals surface area contributed by atoms with Crippen molar-refractivity contribution in [1.29, 1.82) is 0 Å². The van der Waals surface area contributed by atoms with Gasteiger partial charge in [0, 0.05) is 19.2 Å². The predicted molar refractivity (Wildman–Crippen MR) is 122 cm³/mol. The molecular weight excluding hydrogens is 488 g/mol. The molecule has 0 aliphatic heterocycles. The molecular formula is C24H22F4N2O4S. The lowest BCUT2D eigenvalue weighted by atomic mass is 10.0. The van der Waals surface area contributed by atoms with Crippen LogP contribution in [0.4, 0.5) is 23.2 Å². The second kappa shape index (κ2) is 10.4. The molecule has 3 rings (SSSR count). The van der Waals surface area contributed by atoms with Crippen LogP contribution in [-0.2, 0) is 21.0 Å². The summed E-state index contributed by atoms with van der Waals surface area (Å²) in [6.45, 7) is 0. The van der Waals surface area contributed by atoms with Gasteiger partial charge in [0.15, 0.2) is 0 Å². The van der Waals surface area contributed by atoms with Crippen LogP contribution in [0.1, 0.15) is 23.6 Å². The fourth-order valence-corrected chi connectivity index (χ4v) is 4.78. The number of nitrogens with one attached hydrogen (secondary N) is 1. The van der Waals surface area contributed by atoms with Crippen LogP contribution in [0.25, 0.3) is 0 Å². The van der Waals surface area contributed by atoms with Gasteiger partial charge in [0.25, 0.3) is 0 Å². The Morgan fingerprint density at radius 1 is 1.03 bits per heavy atom. The summed E-state index contributed by atoms with van der Waals surface area (Å²) >= 11 is 0. The minimum Gasteiger partial charge on any atom is -0.497 e. The molecule has 1 atom stereocenters. The molecule has 0 aromatic heterocycles. The Balaban J connectivity index is 1.92. The third kappa shape index (κ3) is 6.17. The highest BCUT2D eigenvalue weighted by molar-refractivity contribution is 7.89. The number of nitrogens with zero attached hydrogens (tertiary/aromatic N) is 1. The van der Waals surface area contributed by atoms with E-state index in [1.54, 1.807) is 42.5 Å². The smallest absolute Gasteiger partial charge is 0.419 e. The predicted octanol–water partition coefficient (Wildman–Crippen LogP) is 5.24. The van der Waals surface area contributed by atoms with E-state index in [1.807, 2.05) is 0 Å². The maximum atomic E-state index is 13.6. The van der Waals surface area contributed by atoms with Crippen molar-refractivity contribution in [2.75, 3.05) is 19.5 Å². The van der Waals surface area contributed by atoms with Gasteiger partial charge in [0.1, 0.15) is 11.6 Å². The fraction of sp³-hybridized carbons (Fsp3) is 0.208. The second-order valence-electron chi connectivity index (χ2n) is 7.57. The van der Waals surface area contributed by atoms with Gasteiger partial charge in [-0.15, -0.1) is 0 Å². The highest BCUT2D eigenvalue weighted by Crippen LogP contribution is 2.34. The van der Waals surface area contributed by atoms with Gasteiger partial charge in [-0.3, -0.25) is 4.79 Å². The third-order valence-corrected chi connectivity index (χ3v) is 7.17. The first-order valence-electron chi connectivity index (χ1n) is 10.3. The Morgan fingerprint density at radius 2 is 1.66 bits per heavy atom. The maximum Gasteiger partial charge on any atom is 0.419 e. The van der Waals surface area contributed by atoms with Crippen molar-refractivity contribution in [1.82, 2.24) is 4.31 Å². The van der Waals surface area contributed by atoms with Crippen LogP contribution in [0.3, 0.4) is 0 Å². The van der Waals surface area contributed by atoms with Crippen molar-refractivity contribution in [3.8, 4) is 5.75 Å². The van der Waals surface area contributed by atoms with E-state index in [-0.39, 0.29) is 10.6 Å². The molecule has 0 fully saturated rings. The molecule has 0 bridgehead atoms. The van der Waals surface area contributed by atoms with Crippen molar-refractivity contribution in [2.45, 2.75) is 23.5 Å². The topological polar surface area (TPSA) is 75.7 Å². The number of sulfonamides is 1. The van der Waals surface area contributed by atoms with E-state index in [0.717, 1.165) is 10.4 Å². The minimum absolute atomic E-state index is 0.00905. The van der Waals surface area contributed by atoms with E-state index in [0.29, 0.717) is 23.4 Å². The number of ether oxygens (including phenoxy) is 1. The summed E-state index contributed by atoms with van der Waals surface area (Å²) in [5.41, 5.74) is -1.34. The maximum absolute atomic E-state index is 13.6. The van der Waals surface area contributed by atoms with Gasteiger partial charge < -0.3 is 10.1 Å². The van der Waals surface area contributed by atoms with Gasteiger partial charge in [0.2, 0.25) is 15.9 Å². The van der Waals surface area contributed by atoms with E-state index < -0.39 is 46.0 Å². The van der Waals surface area contributed by atoms with Crippen LogP contribution >= 0.6 is 0 Å². The van der Waals surface area contributed by atoms with Gasteiger partial charge in [-0.25, -0.2) is 12.8 Å². The van der Waals surface area contributed by atoms with Gasteiger partial charge in [0.05, 0.1) is 23.6 Å². The Hall–Kier alpha value is -3.44. The summed E-state index contributed by atoms with van der Waals surface area (Å²) in [5, 5.41) is 2.30. The molecule has 1 N–H and O–H groups in total. The first-order valence-corrected chi connectivity index (χ1v) is 11.7. The highest BCUT2D eigenvalue weighted by Gasteiger charge is 2.35. The molecule has 11 heteroatoms. The lowest BCUT2D eigenvalue weighted by Crippen LogP contribution is -2.33. The average Bonchev–Trinajstić information content (AvgIpc) is 2.83. The molecule has 0 spiro atoms. The number of carbonyl (C=O) groups excluding carboxylic acids is 1. The molecule has 0 aliphatic carbocycles. The zero-order valence-corrected chi connectivity index (χ0v) is 19.5. The molecule has 0 saturated heterocycles. The molecule has 1 amide bonds. The van der Waals surface area contributed by atoms with Crippen LogP contribution in [0.15, 0.2) is 77.7 Å². The van der Waals surface area contributed by atoms with Crippen molar-refractivity contribution in [3.63, 3.8) is 0 Å². The quantitative estimate of drug-likeness (QED) is 0.421. The van der Waals surface area contributed by atoms with E-state index in [2.05, 4.69) is 5.32 Å². The molecule has 35 heavy (non-hydrogen) atoms. The molecule has 186 valence electrons. The third-order valence-electron chi connectivity index (χ3n) is 5.29. The van der Waals surface area contributed by atoms with Crippen LogP contribution in [0.5, 0.6) is 5.75 Å². The van der Waals surface area contributed by atoms with E-state index in [9.17, 15) is 30.8 Å². The Bertz CT molecular complexity index is 1280. The molecule has 0 heterocycles. The number of hydrogen-bond donors (Lipinski definition) is 1. The van der Waals surface area contributed by atoms with E-state index in [1.165, 1.54) is 26.3 Å². The molecule has 3 aromatic carbocycles. The first kappa shape index (κ1) is 26.2. The van der Waals surface area contributed by atoms with Gasteiger partial charge in [-0.1, -0.05) is 30.3 Å². The molecule has 0 aliphatic rings. The number of alkyl halides is 3. The number of benzene rings is 3. The van der Waals surface area contributed by atoms with E-state index in [4.69, 9.17) is 4.74 Å². The average molecular weight is 511 g/mol. The fourth-order valence-electron chi connectivity index (χ4n) is 3.42. The molecule has 0 unspecified atom stereocenters. The van der Waals surface area contributed by atoms with Crippen molar-refractivity contribution < 1.29 is 35.5 Å². The molecule has 0 radical (unpaired) electrons. The summed E-state index contributed by atoms with van der Waals surface area (Å²) < 4.78 is 85.2. The highest BCUT2D eigenvalue weighted by atomic mass is 32.2. The van der Waals surface area contributed by atoms with Gasteiger partial charge in [-0.05, 0) is 48.0 Å². The zero-order chi connectivity index (χ0) is 25.8. The molecule has 6 nitrogen and oxygen atoms in total. The number of carbonyl (C=O) groups is 1. The van der Waals surface area contributed by atoms with E-state index >= 15 is 0 Å². The number of methoxy groups -OCH3 is 1. The van der Waals surface area contributed by atoms with Crippen LogP contribution in [-0.4, -0.2) is 32.8 Å². The number of halogens is 4. The minimum atomic E-state index is -4.94. The largest absolute Gasteiger partial charge is 0.497 e. The first-order chi connectivity index (χ1) is 16.4. The zero-order valence-electron chi connectivity index (χ0n) is 18.7. The summed E-state index contributed by atoms with van der Waals surface area (Å²) in [5.74, 6) is -1.72. The second-order valence-corrected chi connectivity index (χ2v) is 9.57. The number of amides is 1. The molecule has 3 aromatic rings. The summed E-state index contributed by atoms with van der Waals surface area (Å²) in [7, 11) is -1.26. The Labute approximate surface area is 200 Å². The number of hydrogen-bond acceptors (Lipinski definition) is 4. The monoisotopic (exact) mass is 510 g/mol. The Kier molecular flexibility index (Phi) is 7.81. The number of rotatable bonds is 8. The normalized spacial score (nSPS) is 12.9. The Morgan fingerprint density at radius 3 is 2.23 bits per heavy atom. The summed E-state index contributed by atoms with van der Waals surface area (Å²) in [6.07, 6.45) is -5.37. The molecule has 0 saturated carbocycles. The van der Waals surface area contributed by atoms with Crippen molar-refractivity contribution in [2.24, 2.45) is 0 Å². The lowest BCUT2D eigenvalue weighted by Gasteiger charge is -2.28. The standard InChI is InChI=1S/C24H22F4N2O4S/c1-30(35(32,33)19-6-4-3-5-7-19)22(16-8-11-18(34-2)12-9-16)15-23(31)29-17-10-13-21(25)20(14-17)24(26,27)28/h3-14,22H,15H2,1-2H3,(H,29,31)/t22-/m1/s1. The van der Waals surface area contributed by atoms with Crippen molar-refractivity contribution in [3.05, 3.63) is 89.7 Å². The van der Waals surface area contributed by atoms with Crippen molar-refractivity contribution >= 4 is 21.6 Å².